The van der Waals surface area contributed by atoms with Gasteiger partial charge in [0.25, 0.3) is 0 Å². The minimum atomic E-state index is -0.412. The van der Waals surface area contributed by atoms with E-state index in [1.807, 2.05) is 30.3 Å². The summed E-state index contributed by atoms with van der Waals surface area (Å²) in [6.45, 7) is 0. The van der Waals surface area contributed by atoms with Crippen molar-refractivity contribution in [3.63, 3.8) is 0 Å². The number of benzene rings is 2. The maximum absolute atomic E-state index is 13.2. The summed E-state index contributed by atoms with van der Waals surface area (Å²) in [4.78, 5) is 7.26. The van der Waals surface area contributed by atoms with Crippen LogP contribution in [-0.4, -0.2) is 15.1 Å². The van der Waals surface area contributed by atoms with Gasteiger partial charge in [0, 0.05) is 0 Å². The topological polar surface area (TPSA) is 48.9 Å². The normalized spacial score (nSPS) is 10.6. The number of phenols is 1. The van der Waals surface area contributed by atoms with E-state index >= 15 is 0 Å². The van der Waals surface area contributed by atoms with Gasteiger partial charge in [-0.05, 0) is 23.8 Å². The van der Waals surface area contributed by atoms with Crippen molar-refractivity contribution in [1.29, 1.82) is 0 Å². The lowest BCUT2D eigenvalue weighted by Crippen LogP contribution is -1.84. The Bertz CT molecular complexity index is 707. The minimum Gasteiger partial charge on any atom is -0.507 e. The van der Waals surface area contributed by atoms with Crippen molar-refractivity contribution < 1.29 is 9.50 Å². The molecule has 19 heavy (non-hydrogen) atoms. The summed E-state index contributed by atoms with van der Waals surface area (Å²) < 4.78 is 13.2. The third-order valence-corrected chi connectivity index (χ3v) is 2.87. The number of hydrogen-bond donors (Lipinski definition) is 2. The van der Waals surface area contributed by atoms with Crippen molar-refractivity contribution in [2.75, 3.05) is 0 Å². The second-order valence-corrected chi connectivity index (χ2v) is 4.17. The van der Waals surface area contributed by atoms with E-state index in [0.717, 1.165) is 11.3 Å². The van der Waals surface area contributed by atoms with E-state index < -0.39 is 5.82 Å². The number of imidazole rings is 1. The quantitative estimate of drug-likeness (QED) is 0.734. The van der Waals surface area contributed by atoms with E-state index in [9.17, 15) is 9.50 Å². The fraction of sp³-hybridized carbons (Fsp3) is 0. The van der Waals surface area contributed by atoms with Crippen LogP contribution in [0.1, 0.15) is 0 Å². The van der Waals surface area contributed by atoms with E-state index in [0.29, 0.717) is 11.4 Å². The molecule has 0 saturated heterocycles. The molecule has 0 bridgehead atoms. The maximum Gasteiger partial charge on any atom is 0.141 e. The van der Waals surface area contributed by atoms with Gasteiger partial charge in [-0.15, -0.1) is 0 Å². The Kier molecular flexibility index (Phi) is 2.76. The number of nitrogens with one attached hydrogen (secondary N) is 1. The highest BCUT2D eigenvalue weighted by Crippen LogP contribution is 2.29. The van der Waals surface area contributed by atoms with Crippen LogP contribution in [0.4, 0.5) is 4.39 Å². The smallest absolute Gasteiger partial charge is 0.141 e. The van der Waals surface area contributed by atoms with Gasteiger partial charge in [-0.1, -0.05) is 30.3 Å². The first-order valence-corrected chi connectivity index (χ1v) is 5.83. The number of aromatic nitrogens is 2. The van der Waals surface area contributed by atoms with Gasteiger partial charge in [0.05, 0.1) is 17.5 Å². The van der Waals surface area contributed by atoms with Gasteiger partial charge in [0.2, 0.25) is 0 Å². The number of H-pyrrole nitrogens is 1. The molecule has 0 radical (unpaired) electrons. The van der Waals surface area contributed by atoms with Crippen LogP contribution in [0.2, 0.25) is 0 Å². The lowest BCUT2D eigenvalue weighted by Gasteiger charge is -2.01. The first-order chi connectivity index (χ1) is 9.24. The van der Waals surface area contributed by atoms with Gasteiger partial charge < -0.3 is 10.1 Å². The van der Waals surface area contributed by atoms with E-state index in [-0.39, 0.29) is 5.75 Å². The van der Waals surface area contributed by atoms with Crippen LogP contribution in [0, 0.1) is 5.82 Å². The van der Waals surface area contributed by atoms with Crippen LogP contribution in [0.25, 0.3) is 22.6 Å². The zero-order valence-corrected chi connectivity index (χ0v) is 9.97. The number of aromatic hydroxyl groups is 1. The molecule has 0 atom stereocenters. The van der Waals surface area contributed by atoms with Crippen LogP contribution in [-0.2, 0) is 0 Å². The standard InChI is InChI=1S/C15H11FN2O/c16-11-6-7-14(19)12(8-11)15-17-9-13(18-15)10-4-2-1-3-5-10/h1-9,19H,(H,17,18). The Hall–Kier alpha value is -2.62. The average molecular weight is 254 g/mol. The number of phenolic OH excluding ortho intramolecular Hbond substituents is 1. The summed E-state index contributed by atoms with van der Waals surface area (Å²) in [6, 6.07) is 13.5. The lowest BCUT2D eigenvalue weighted by molar-refractivity contribution is 0.475. The molecule has 3 aromatic rings. The first kappa shape index (κ1) is 11.5. The molecule has 94 valence electrons. The summed E-state index contributed by atoms with van der Waals surface area (Å²) >= 11 is 0. The van der Waals surface area contributed by atoms with Gasteiger partial charge in [-0.3, -0.25) is 0 Å². The molecule has 0 fully saturated rings. The van der Waals surface area contributed by atoms with E-state index in [4.69, 9.17) is 0 Å². The maximum atomic E-state index is 13.2. The molecule has 0 spiro atoms. The first-order valence-electron chi connectivity index (χ1n) is 5.83. The molecule has 0 unspecified atom stereocenters. The molecule has 0 amide bonds. The molecule has 4 heteroatoms. The van der Waals surface area contributed by atoms with Gasteiger partial charge in [-0.25, -0.2) is 9.37 Å². The van der Waals surface area contributed by atoms with Crippen molar-refractivity contribution in [2.24, 2.45) is 0 Å². The van der Waals surface area contributed by atoms with Gasteiger partial charge in [0.1, 0.15) is 17.4 Å². The number of nitrogens with zero attached hydrogens (tertiary/aromatic N) is 1. The summed E-state index contributed by atoms with van der Waals surface area (Å²) in [7, 11) is 0. The summed E-state index contributed by atoms with van der Waals surface area (Å²) in [5.41, 5.74) is 2.15. The minimum absolute atomic E-state index is 0.00429. The third kappa shape index (κ3) is 2.20. The molecule has 3 nitrogen and oxygen atoms in total. The van der Waals surface area contributed by atoms with E-state index in [1.54, 1.807) is 6.20 Å². The van der Waals surface area contributed by atoms with Crippen molar-refractivity contribution in [2.45, 2.75) is 0 Å². The molecule has 1 aromatic heterocycles. The average Bonchev–Trinajstić information content (AvgIpc) is 2.92. The fourth-order valence-electron chi connectivity index (χ4n) is 1.92. The number of rotatable bonds is 2. The predicted octanol–water partition coefficient (Wildman–Crippen LogP) is 3.59. The second kappa shape index (κ2) is 4.57. The zero-order chi connectivity index (χ0) is 13.2. The SMILES string of the molecule is Oc1ccc(F)cc1-c1ncc(-c2ccccc2)[nH]1. The molecule has 1 heterocycles. The van der Waals surface area contributed by atoms with Crippen molar-refractivity contribution in [3.8, 4) is 28.4 Å². The highest BCUT2D eigenvalue weighted by atomic mass is 19.1. The van der Waals surface area contributed by atoms with Crippen LogP contribution >= 0.6 is 0 Å². The van der Waals surface area contributed by atoms with Crippen LogP contribution in [0.5, 0.6) is 5.75 Å². The molecule has 3 rings (SSSR count). The molecule has 0 aliphatic rings. The molecule has 2 aromatic carbocycles. The highest BCUT2D eigenvalue weighted by Gasteiger charge is 2.10. The van der Waals surface area contributed by atoms with E-state index in [2.05, 4.69) is 9.97 Å². The van der Waals surface area contributed by atoms with Gasteiger partial charge in [0.15, 0.2) is 0 Å². The van der Waals surface area contributed by atoms with Gasteiger partial charge >= 0.3 is 0 Å². The largest absolute Gasteiger partial charge is 0.507 e. The van der Waals surface area contributed by atoms with Crippen molar-refractivity contribution in [3.05, 3.63) is 60.5 Å². The van der Waals surface area contributed by atoms with Crippen LogP contribution < -0.4 is 0 Å². The van der Waals surface area contributed by atoms with Crippen molar-refractivity contribution >= 4 is 0 Å². The monoisotopic (exact) mass is 254 g/mol. The Morgan fingerprint density at radius 1 is 1.05 bits per heavy atom. The fourth-order valence-corrected chi connectivity index (χ4v) is 1.92. The second-order valence-electron chi connectivity index (χ2n) is 4.17. The molecule has 0 aliphatic carbocycles. The number of halogens is 1. The summed E-state index contributed by atoms with van der Waals surface area (Å²) in [6.07, 6.45) is 1.66. The Morgan fingerprint density at radius 3 is 2.63 bits per heavy atom. The third-order valence-electron chi connectivity index (χ3n) is 2.87. The summed E-state index contributed by atoms with van der Waals surface area (Å²) in [5, 5.41) is 9.74. The molecule has 0 aliphatic heterocycles. The Balaban J connectivity index is 2.04. The highest BCUT2D eigenvalue weighted by molar-refractivity contribution is 5.68. The molecular weight excluding hydrogens is 243 g/mol. The Morgan fingerprint density at radius 2 is 1.84 bits per heavy atom. The summed E-state index contributed by atoms with van der Waals surface area (Å²) in [5.74, 6) is 0.0247. The van der Waals surface area contributed by atoms with Crippen molar-refractivity contribution in [1.82, 2.24) is 9.97 Å². The lowest BCUT2D eigenvalue weighted by atomic mass is 10.1. The molecule has 0 saturated carbocycles. The molecule has 2 N–H and O–H groups in total. The van der Waals surface area contributed by atoms with Gasteiger partial charge in [-0.2, -0.15) is 0 Å². The molecular formula is C15H11FN2O. The van der Waals surface area contributed by atoms with Crippen LogP contribution in [0.3, 0.4) is 0 Å². The van der Waals surface area contributed by atoms with Crippen LogP contribution in [0.15, 0.2) is 54.7 Å². The number of hydrogen-bond acceptors (Lipinski definition) is 2. The zero-order valence-electron chi connectivity index (χ0n) is 9.97. The predicted molar refractivity (Wildman–Crippen MR) is 71.1 cm³/mol. The Labute approximate surface area is 109 Å². The number of aromatic amines is 1. The van der Waals surface area contributed by atoms with E-state index in [1.165, 1.54) is 18.2 Å².